The van der Waals surface area contributed by atoms with Gasteiger partial charge in [0.2, 0.25) is 0 Å². The first-order valence-electron chi connectivity index (χ1n) is 3.90. The SMILES string of the molecule is CCCNC(=O)n1cnc(C)n1. The minimum Gasteiger partial charge on any atom is -0.336 e. The minimum atomic E-state index is -0.225. The fourth-order valence-electron chi connectivity index (χ4n) is 0.757. The Bertz CT molecular complexity index is 268. The number of nitrogens with one attached hydrogen (secondary N) is 1. The summed E-state index contributed by atoms with van der Waals surface area (Å²) < 4.78 is 1.20. The van der Waals surface area contributed by atoms with Crippen molar-refractivity contribution in [2.24, 2.45) is 0 Å². The molecule has 1 rings (SSSR count). The highest BCUT2D eigenvalue weighted by Crippen LogP contribution is 1.85. The van der Waals surface area contributed by atoms with Gasteiger partial charge in [0.15, 0.2) is 0 Å². The van der Waals surface area contributed by atoms with Crippen LogP contribution in [0.1, 0.15) is 19.2 Å². The molecule has 1 heterocycles. The number of amides is 1. The molecule has 1 N–H and O–H groups in total. The largest absolute Gasteiger partial charge is 0.343 e. The summed E-state index contributed by atoms with van der Waals surface area (Å²) in [5, 5.41) is 6.54. The Hall–Kier alpha value is -1.39. The molecule has 0 radical (unpaired) electrons. The molecule has 0 fully saturated rings. The Morgan fingerprint density at radius 3 is 3.00 bits per heavy atom. The molecule has 0 aliphatic rings. The van der Waals surface area contributed by atoms with Gasteiger partial charge in [0.05, 0.1) is 0 Å². The van der Waals surface area contributed by atoms with Crippen LogP contribution in [0, 0.1) is 6.92 Å². The number of nitrogens with zero attached hydrogens (tertiary/aromatic N) is 3. The molecule has 0 aromatic carbocycles. The molecule has 0 bridgehead atoms. The molecular weight excluding hydrogens is 156 g/mol. The van der Waals surface area contributed by atoms with Crippen molar-refractivity contribution in [3.63, 3.8) is 0 Å². The highest BCUT2D eigenvalue weighted by molar-refractivity contribution is 5.75. The molecule has 66 valence electrons. The van der Waals surface area contributed by atoms with Crippen LogP contribution in [-0.2, 0) is 0 Å². The van der Waals surface area contributed by atoms with Crippen molar-refractivity contribution >= 4 is 6.03 Å². The molecule has 0 atom stereocenters. The standard InChI is InChI=1S/C7H12N4O/c1-3-4-8-7(12)11-5-9-6(2)10-11/h5H,3-4H2,1-2H3,(H,8,12). The third-order valence-electron chi connectivity index (χ3n) is 1.34. The van der Waals surface area contributed by atoms with Crippen LogP contribution in [0.5, 0.6) is 0 Å². The minimum absolute atomic E-state index is 0.225. The molecule has 0 saturated heterocycles. The zero-order valence-corrected chi connectivity index (χ0v) is 7.24. The van der Waals surface area contributed by atoms with Crippen LogP contribution in [0.4, 0.5) is 4.79 Å². The maximum atomic E-state index is 11.2. The van der Waals surface area contributed by atoms with E-state index in [0.717, 1.165) is 6.42 Å². The van der Waals surface area contributed by atoms with Gasteiger partial charge in [-0.15, -0.1) is 5.10 Å². The second-order valence-electron chi connectivity index (χ2n) is 2.47. The molecule has 12 heavy (non-hydrogen) atoms. The zero-order chi connectivity index (χ0) is 8.97. The van der Waals surface area contributed by atoms with E-state index in [9.17, 15) is 4.79 Å². The normalized spacial score (nSPS) is 9.83. The molecule has 1 aromatic rings. The van der Waals surface area contributed by atoms with E-state index in [2.05, 4.69) is 15.4 Å². The highest BCUT2D eigenvalue weighted by Gasteiger charge is 2.03. The number of hydrogen-bond donors (Lipinski definition) is 1. The number of carbonyl (C=O) groups is 1. The molecule has 0 aliphatic carbocycles. The van der Waals surface area contributed by atoms with E-state index < -0.39 is 0 Å². The van der Waals surface area contributed by atoms with Gasteiger partial charge in [-0.1, -0.05) is 6.92 Å². The predicted octanol–water partition coefficient (Wildman–Crippen LogP) is 0.554. The topological polar surface area (TPSA) is 59.8 Å². The van der Waals surface area contributed by atoms with Crippen LogP contribution >= 0.6 is 0 Å². The summed E-state index contributed by atoms with van der Waals surface area (Å²) in [4.78, 5) is 15.0. The number of aryl methyl sites for hydroxylation is 1. The Balaban J connectivity index is 2.53. The van der Waals surface area contributed by atoms with Crippen LogP contribution in [0.3, 0.4) is 0 Å². The van der Waals surface area contributed by atoms with Gasteiger partial charge < -0.3 is 5.32 Å². The van der Waals surface area contributed by atoms with E-state index in [1.165, 1.54) is 11.0 Å². The molecular formula is C7H12N4O. The summed E-state index contributed by atoms with van der Waals surface area (Å²) in [5.74, 6) is 0.599. The lowest BCUT2D eigenvalue weighted by atomic mass is 10.5. The van der Waals surface area contributed by atoms with Gasteiger partial charge >= 0.3 is 6.03 Å². The molecule has 5 nitrogen and oxygen atoms in total. The van der Waals surface area contributed by atoms with Gasteiger partial charge in [0.25, 0.3) is 0 Å². The monoisotopic (exact) mass is 168 g/mol. The zero-order valence-electron chi connectivity index (χ0n) is 7.24. The molecule has 0 spiro atoms. The van der Waals surface area contributed by atoms with Crippen molar-refractivity contribution in [2.75, 3.05) is 6.54 Å². The van der Waals surface area contributed by atoms with Crippen molar-refractivity contribution in [3.8, 4) is 0 Å². The van der Waals surface area contributed by atoms with E-state index in [0.29, 0.717) is 12.4 Å². The molecule has 5 heteroatoms. The first kappa shape index (κ1) is 8.70. The maximum Gasteiger partial charge on any atom is 0.343 e. The van der Waals surface area contributed by atoms with E-state index in [-0.39, 0.29) is 6.03 Å². The van der Waals surface area contributed by atoms with E-state index in [1.54, 1.807) is 6.92 Å². The first-order valence-corrected chi connectivity index (χ1v) is 3.90. The van der Waals surface area contributed by atoms with Crippen LogP contribution in [0.15, 0.2) is 6.33 Å². The lowest BCUT2D eigenvalue weighted by Crippen LogP contribution is -2.29. The van der Waals surface area contributed by atoms with Crippen LogP contribution in [0.2, 0.25) is 0 Å². The van der Waals surface area contributed by atoms with Crippen LogP contribution in [0.25, 0.3) is 0 Å². The van der Waals surface area contributed by atoms with Gasteiger partial charge in [-0.2, -0.15) is 4.68 Å². The Labute approximate surface area is 70.8 Å². The van der Waals surface area contributed by atoms with Crippen molar-refractivity contribution in [2.45, 2.75) is 20.3 Å². The summed E-state index contributed by atoms with van der Waals surface area (Å²) in [6.45, 7) is 4.40. The number of carbonyl (C=O) groups excluding carboxylic acids is 1. The number of hydrogen-bond acceptors (Lipinski definition) is 3. The van der Waals surface area contributed by atoms with Gasteiger partial charge in [-0.25, -0.2) is 9.78 Å². The van der Waals surface area contributed by atoms with Crippen molar-refractivity contribution in [3.05, 3.63) is 12.2 Å². The van der Waals surface area contributed by atoms with Gasteiger partial charge in [-0.05, 0) is 13.3 Å². The van der Waals surface area contributed by atoms with Crippen molar-refractivity contribution < 1.29 is 4.79 Å². The van der Waals surface area contributed by atoms with Gasteiger partial charge in [0.1, 0.15) is 12.2 Å². The summed E-state index contributed by atoms with van der Waals surface area (Å²) >= 11 is 0. The first-order chi connectivity index (χ1) is 5.74. The third kappa shape index (κ3) is 2.05. The molecule has 0 saturated carbocycles. The Morgan fingerprint density at radius 1 is 1.75 bits per heavy atom. The lowest BCUT2D eigenvalue weighted by molar-refractivity contribution is 0.239. The lowest BCUT2D eigenvalue weighted by Gasteiger charge is -2.00. The number of rotatable bonds is 2. The molecule has 0 unspecified atom stereocenters. The highest BCUT2D eigenvalue weighted by atomic mass is 16.2. The second-order valence-corrected chi connectivity index (χ2v) is 2.47. The fraction of sp³-hybridized carbons (Fsp3) is 0.571. The second kappa shape index (κ2) is 3.85. The van der Waals surface area contributed by atoms with E-state index in [1.807, 2.05) is 6.92 Å². The Kier molecular flexibility index (Phi) is 2.79. The average molecular weight is 168 g/mol. The van der Waals surface area contributed by atoms with Gasteiger partial charge in [-0.3, -0.25) is 0 Å². The van der Waals surface area contributed by atoms with E-state index in [4.69, 9.17) is 0 Å². The molecule has 1 amide bonds. The van der Waals surface area contributed by atoms with Crippen molar-refractivity contribution in [1.82, 2.24) is 20.1 Å². The Morgan fingerprint density at radius 2 is 2.50 bits per heavy atom. The summed E-state index contributed by atoms with van der Waals surface area (Å²) in [6, 6.07) is -0.225. The summed E-state index contributed by atoms with van der Waals surface area (Å²) in [5.41, 5.74) is 0. The average Bonchev–Trinajstić information content (AvgIpc) is 2.47. The molecule has 0 aliphatic heterocycles. The van der Waals surface area contributed by atoms with Crippen molar-refractivity contribution in [1.29, 1.82) is 0 Å². The number of aromatic nitrogens is 3. The summed E-state index contributed by atoms with van der Waals surface area (Å²) in [6.07, 6.45) is 2.32. The third-order valence-corrected chi connectivity index (χ3v) is 1.34. The summed E-state index contributed by atoms with van der Waals surface area (Å²) in [7, 11) is 0. The predicted molar refractivity (Wildman–Crippen MR) is 43.8 cm³/mol. The molecule has 1 aromatic heterocycles. The van der Waals surface area contributed by atoms with Crippen LogP contribution in [-0.4, -0.2) is 27.3 Å². The quantitative estimate of drug-likeness (QED) is 0.701. The van der Waals surface area contributed by atoms with Crippen LogP contribution < -0.4 is 5.32 Å². The maximum absolute atomic E-state index is 11.2. The smallest absolute Gasteiger partial charge is 0.336 e. The fourth-order valence-corrected chi connectivity index (χ4v) is 0.757. The van der Waals surface area contributed by atoms with Gasteiger partial charge in [0, 0.05) is 6.54 Å². The van der Waals surface area contributed by atoms with E-state index >= 15 is 0 Å².